The average molecular weight is 598 g/mol. The first-order valence-corrected chi connectivity index (χ1v) is 16.7. The van der Waals surface area contributed by atoms with E-state index in [0.29, 0.717) is 57.7 Å². The minimum Gasteiger partial charge on any atom is -0.352 e. The molecule has 3 heterocycles. The molecule has 0 bridgehead atoms. The van der Waals surface area contributed by atoms with Crippen molar-refractivity contribution in [3.8, 4) is 0 Å². The van der Waals surface area contributed by atoms with Gasteiger partial charge in [-0.15, -0.1) is 0 Å². The fourth-order valence-electron chi connectivity index (χ4n) is 6.61. The molecular weight excluding hydrogens is 552 g/mol. The van der Waals surface area contributed by atoms with Crippen LogP contribution in [-0.4, -0.2) is 116 Å². The van der Waals surface area contributed by atoms with Gasteiger partial charge in [-0.1, -0.05) is 0 Å². The van der Waals surface area contributed by atoms with Crippen molar-refractivity contribution in [2.45, 2.75) is 64.0 Å². The second-order valence-corrected chi connectivity index (χ2v) is 13.9. The Kier molecular flexibility index (Phi) is 10.8. The summed E-state index contributed by atoms with van der Waals surface area (Å²) < 4.78 is 53.7. The molecule has 0 radical (unpaired) electrons. The molecule has 0 aliphatic carbocycles. The SMILES string of the molecule is CC(=O)N1CCN(C(C)C(=O)NC2CCN(CCC(c3cc(F)cc(F)c3)C3CCN(S(C)(=O)=O)CC3)CC2)CC1. The third-order valence-corrected chi connectivity index (χ3v) is 10.5. The Morgan fingerprint density at radius 3 is 2.05 bits per heavy atom. The van der Waals surface area contributed by atoms with Crippen LogP contribution in [0.15, 0.2) is 18.2 Å². The van der Waals surface area contributed by atoms with Gasteiger partial charge in [0.15, 0.2) is 0 Å². The van der Waals surface area contributed by atoms with Crippen molar-refractivity contribution >= 4 is 21.8 Å². The number of nitrogens with one attached hydrogen (secondary N) is 1. The predicted molar refractivity (Wildman–Crippen MR) is 154 cm³/mol. The second kappa shape index (κ2) is 13.9. The van der Waals surface area contributed by atoms with Gasteiger partial charge in [-0.2, -0.15) is 0 Å². The highest BCUT2D eigenvalue weighted by atomic mass is 32.2. The van der Waals surface area contributed by atoms with Gasteiger partial charge < -0.3 is 15.1 Å². The molecule has 0 spiro atoms. The van der Waals surface area contributed by atoms with Crippen molar-refractivity contribution in [3.63, 3.8) is 0 Å². The molecule has 2 amide bonds. The number of piperazine rings is 1. The standard InChI is InChI=1S/C29H45F2N5O4S/c1-21(34-14-16-35(17-15-34)22(2)37)29(38)32-27-6-9-33(10-7-27)11-8-28(24-18-25(30)20-26(31)19-24)23-4-12-36(13-5-23)41(3,39)40/h18-21,23,27-28H,4-17H2,1-3H3,(H,32,38). The van der Waals surface area contributed by atoms with Gasteiger partial charge in [-0.25, -0.2) is 21.5 Å². The van der Waals surface area contributed by atoms with Gasteiger partial charge in [0, 0.05) is 71.4 Å². The van der Waals surface area contributed by atoms with Crippen LogP contribution in [0.4, 0.5) is 8.78 Å². The van der Waals surface area contributed by atoms with E-state index >= 15 is 0 Å². The number of halogens is 2. The molecule has 4 rings (SSSR count). The number of amides is 2. The normalized spacial score (nSPS) is 22.4. The second-order valence-electron chi connectivity index (χ2n) is 11.9. The highest BCUT2D eigenvalue weighted by Gasteiger charge is 2.33. The first kappa shape index (κ1) is 31.8. The summed E-state index contributed by atoms with van der Waals surface area (Å²) in [5.41, 5.74) is 0.639. The maximum absolute atomic E-state index is 14.1. The zero-order valence-corrected chi connectivity index (χ0v) is 25.3. The number of sulfonamides is 1. The van der Waals surface area contributed by atoms with Crippen LogP contribution >= 0.6 is 0 Å². The van der Waals surface area contributed by atoms with Crippen molar-refractivity contribution in [3.05, 3.63) is 35.4 Å². The minimum absolute atomic E-state index is 0.0216. The largest absolute Gasteiger partial charge is 0.352 e. The molecule has 12 heteroatoms. The van der Waals surface area contributed by atoms with Crippen LogP contribution in [-0.2, 0) is 19.6 Å². The first-order valence-electron chi connectivity index (χ1n) is 14.8. The van der Waals surface area contributed by atoms with E-state index in [4.69, 9.17) is 0 Å². The molecule has 0 saturated carbocycles. The van der Waals surface area contributed by atoms with Crippen molar-refractivity contribution in [1.29, 1.82) is 0 Å². The van der Waals surface area contributed by atoms with Crippen LogP contribution in [0, 0.1) is 17.6 Å². The zero-order chi connectivity index (χ0) is 29.7. The molecule has 3 aliphatic heterocycles. The van der Waals surface area contributed by atoms with E-state index < -0.39 is 21.7 Å². The molecule has 0 aromatic heterocycles. The fourth-order valence-corrected chi connectivity index (χ4v) is 7.48. The van der Waals surface area contributed by atoms with Crippen LogP contribution in [0.2, 0.25) is 0 Å². The Morgan fingerprint density at radius 1 is 0.927 bits per heavy atom. The Hall–Kier alpha value is -2.15. The molecule has 9 nitrogen and oxygen atoms in total. The number of hydrogen-bond donors (Lipinski definition) is 1. The zero-order valence-electron chi connectivity index (χ0n) is 24.5. The molecule has 41 heavy (non-hydrogen) atoms. The number of likely N-dealkylation sites (tertiary alicyclic amines) is 1. The molecule has 3 fully saturated rings. The van der Waals surface area contributed by atoms with Gasteiger partial charge in [0.2, 0.25) is 21.8 Å². The lowest BCUT2D eigenvalue weighted by molar-refractivity contribution is -0.132. The van der Waals surface area contributed by atoms with Crippen molar-refractivity contribution in [2.24, 2.45) is 5.92 Å². The smallest absolute Gasteiger partial charge is 0.237 e. The average Bonchev–Trinajstić information content (AvgIpc) is 2.93. The van der Waals surface area contributed by atoms with Gasteiger partial charge in [0.1, 0.15) is 11.6 Å². The van der Waals surface area contributed by atoms with Crippen LogP contribution in [0.5, 0.6) is 0 Å². The molecule has 230 valence electrons. The lowest BCUT2D eigenvalue weighted by Crippen LogP contribution is -2.56. The predicted octanol–water partition coefficient (Wildman–Crippen LogP) is 2.24. The number of nitrogens with zero attached hydrogens (tertiary/aromatic N) is 4. The molecule has 1 aromatic rings. The summed E-state index contributed by atoms with van der Waals surface area (Å²) in [5.74, 6) is -1.02. The van der Waals surface area contributed by atoms with E-state index in [9.17, 15) is 26.8 Å². The summed E-state index contributed by atoms with van der Waals surface area (Å²) in [7, 11) is -3.26. The Bertz CT molecular complexity index is 1140. The number of rotatable bonds is 9. The number of hydrogen-bond acceptors (Lipinski definition) is 6. The lowest BCUT2D eigenvalue weighted by Gasteiger charge is -2.39. The van der Waals surface area contributed by atoms with E-state index in [2.05, 4.69) is 15.1 Å². The molecule has 2 atom stereocenters. The van der Waals surface area contributed by atoms with Crippen molar-refractivity contribution in [2.75, 3.05) is 65.2 Å². The molecule has 3 aliphatic rings. The van der Waals surface area contributed by atoms with E-state index in [0.717, 1.165) is 45.0 Å². The highest BCUT2D eigenvalue weighted by molar-refractivity contribution is 7.88. The highest BCUT2D eigenvalue weighted by Crippen LogP contribution is 2.37. The van der Waals surface area contributed by atoms with Crippen LogP contribution < -0.4 is 5.32 Å². The van der Waals surface area contributed by atoms with Crippen LogP contribution in [0.3, 0.4) is 0 Å². The minimum atomic E-state index is -3.26. The molecule has 3 saturated heterocycles. The van der Waals surface area contributed by atoms with Gasteiger partial charge in [0.25, 0.3) is 0 Å². The van der Waals surface area contributed by atoms with E-state index in [-0.39, 0.29) is 35.7 Å². The summed E-state index contributed by atoms with van der Waals surface area (Å²) in [5, 5.41) is 3.22. The molecular formula is C29H45F2N5O4S. The Labute approximate surface area is 243 Å². The van der Waals surface area contributed by atoms with Crippen molar-refractivity contribution < 1.29 is 26.8 Å². The van der Waals surface area contributed by atoms with E-state index in [1.807, 2.05) is 11.8 Å². The third-order valence-electron chi connectivity index (χ3n) is 9.23. The monoisotopic (exact) mass is 597 g/mol. The van der Waals surface area contributed by atoms with Gasteiger partial charge in [-0.3, -0.25) is 14.5 Å². The van der Waals surface area contributed by atoms with Gasteiger partial charge in [0.05, 0.1) is 12.3 Å². The summed E-state index contributed by atoms with van der Waals surface area (Å²) in [6.07, 6.45) is 4.94. The summed E-state index contributed by atoms with van der Waals surface area (Å²) in [6, 6.07) is 3.58. The van der Waals surface area contributed by atoms with Gasteiger partial charge in [-0.05, 0) is 75.1 Å². The summed E-state index contributed by atoms with van der Waals surface area (Å²) in [4.78, 5) is 30.8. The quantitative estimate of drug-likeness (QED) is 0.470. The number of carbonyl (C=O) groups excluding carboxylic acids is 2. The molecule has 1 N–H and O–H groups in total. The molecule has 1 aromatic carbocycles. The Morgan fingerprint density at radius 2 is 1.51 bits per heavy atom. The first-order chi connectivity index (χ1) is 19.4. The molecule has 2 unspecified atom stereocenters. The summed E-state index contributed by atoms with van der Waals surface area (Å²) in [6.45, 7) is 9.44. The van der Waals surface area contributed by atoms with E-state index in [1.165, 1.54) is 22.7 Å². The van der Waals surface area contributed by atoms with Gasteiger partial charge >= 0.3 is 0 Å². The third kappa shape index (κ3) is 8.68. The van der Waals surface area contributed by atoms with Crippen LogP contribution in [0.25, 0.3) is 0 Å². The number of carbonyl (C=O) groups is 2. The number of benzene rings is 1. The van der Waals surface area contributed by atoms with Crippen molar-refractivity contribution in [1.82, 2.24) is 24.3 Å². The number of piperidine rings is 2. The Balaban J connectivity index is 1.27. The van der Waals surface area contributed by atoms with E-state index in [1.54, 1.807) is 6.92 Å². The van der Waals surface area contributed by atoms with Crippen LogP contribution in [0.1, 0.15) is 57.4 Å². The topological polar surface area (TPSA) is 93.3 Å². The maximum atomic E-state index is 14.1. The lowest BCUT2D eigenvalue weighted by atomic mass is 9.78. The maximum Gasteiger partial charge on any atom is 0.237 e. The summed E-state index contributed by atoms with van der Waals surface area (Å²) >= 11 is 0. The fraction of sp³-hybridized carbons (Fsp3) is 0.724.